The summed E-state index contributed by atoms with van der Waals surface area (Å²) in [6.45, 7) is 7.72. The number of hydrogen-bond acceptors (Lipinski definition) is 6. The van der Waals surface area contributed by atoms with Gasteiger partial charge in [0.2, 0.25) is 5.89 Å². The monoisotopic (exact) mass is 287 g/mol. The zero-order chi connectivity index (χ0) is 14.8. The second-order valence-corrected chi connectivity index (χ2v) is 5.68. The van der Waals surface area contributed by atoms with E-state index in [0.717, 1.165) is 31.9 Å². The molecule has 0 unspecified atom stereocenters. The van der Waals surface area contributed by atoms with E-state index in [9.17, 15) is 0 Å². The van der Waals surface area contributed by atoms with Crippen molar-refractivity contribution in [1.29, 1.82) is 0 Å². The molecule has 1 aliphatic rings. The summed E-state index contributed by atoms with van der Waals surface area (Å²) < 4.78 is 5.35. The van der Waals surface area contributed by atoms with Gasteiger partial charge in [0.25, 0.3) is 0 Å². The fraction of sp³-hybridized carbons (Fsp3) is 0.533. The van der Waals surface area contributed by atoms with E-state index < -0.39 is 0 Å². The van der Waals surface area contributed by atoms with E-state index in [-0.39, 0.29) is 6.04 Å². The summed E-state index contributed by atoms with van der Waals surface area (Å²) in [5.74, 6) is 1.40. The Hall–Kier alpha value is -1.79. The Morgan fingerprint density at radius 1 is 1.33 bits per heavy atom. The lowest BCUT2D eigenvalue weighted by Crippen LogP contribution is -2.46. The van der Waals surface area contributed by atoms with Crippen molar-refractivity contribution in [3.05, 3.63) is 41.3 Å². The molecule has 6 nitrogen and oxygen atoms in total. The first-order valence-electron chi connectivity index (χ1n) is 7.27. The molecular weight excluding hydrogens is 266 g/mol. The second kappa shape index (κ2) is 5.91. The van der Waals surface area contributed by atoms with E-state index in [1.807, 2.05) is 19.2 Å². The van der Waals surface area contributed by atoms with E-state index in [1.165, 1.54) is 5.56 Å². The van der Waals surface area contributed by atoms with Gasteiger partial charge in [-0.2, -0.15) is 4.98 Å². The van der Waals surface area contributed by atoms with Crippen LogP contribution in [0.3, 0.4) is 0 Å². The maximum absolute atomic E-state index is 5.35. The van der Waals surface area contributed by atoms with Crippen LogP contribution in [0.1, 0.15) is 29.0 Å². The average Bonchev–Trinajstić information content (AvgIpc) is 2.90. The lowest BCUT2D eigenvalue weighted by atomic mass is 10.1. The van der Waals surface area contributed by atoms with Gasteiger partial charge in [0.15, 0.2) is 5.82 Å². The summed E-state index contributed by atoms with van der Waals surface area (Å²) in [4.78, 5) is 13.5. The van der Waals surface area contributed by atoms with Crippen LogP contribution in [0.5, 0.6) is 0 Å². The van der Waals surface area contributed by atoms with Crippen molar-refractivity contribution in [2.24, 2.45) is 0 Å². The number of pyridine rings is 1. The number of likely N-dealkylation sites (N-methyl/N-ethyl adjacent to an activating group) is 1. The van der Waals surface area contributed by atoms with Gasteiger partial charge in [0.05, 0.1) is 5.69 Å². The minimum Gasteiger partial charge on any atom is -0.338 e. The Labute approximate surface area is 124 Å². The minimum absolute atomic E-state index is 0.156. The highest BCUT2D eigenvalue weighted by atomic mass is 16.5. The van der Waals surface area contributed by atoms with Crippen LogP contribution >= 0.6 is 0 Å². The Balaban J connectivity index is 1.72. The normalized spacial score (nSPS) is 20.8. The van der Waals surface area contributed by atoms with E-state index in [0.29, 0.717) is 11.7 Å². The maximum Gasteiger partial charge on any atom is 0.245 e. The van der Waals surface area contributed by atoms with Crippen LogP contribution in [0.25, 0.3) is 0 Å². The smallest absolute Gasteiger partial charge is 0.245 e. The van der Waals surface area contributed by atoms with Gasteiger partial charge < -0.3 is 4.52 Å². The Morgan fingerprint density at radius 3 is 2.90 bits per heavy atom. The first-order valence-corrected chi connectivity index (χ1v) is 7.27. The molecule has 0 bridgehead atoms. The molecule has 0 aromatic carbocycles. The van der Waals surface area contributed by atoms with Crippen LogP contribution < -0.4 is 0 Å². The highest BCUT2D eigenvalue weighted by molar-refractivity contribution is 5.17. The maximum atomic E-state index is 5.35. The highest BCUT2D eigenvalue weighted by Crippen LogP contribution is 2.23. The molecule has 3 rings (SSSR count). The molecule has 2 aromatic rings. The largest absolute Gasteiger partial charge is 0.338 e. The number of aromatic nitrogens is 3. The second-order valence-electron chi connectivity index (χ2n) is 5.68. The number of aryl methyl sites for hydroxylation is 2. The van der Waals surface area contributed by atoms with Crippen molar-refractivity contribution < 1.29 is 4.52 Å². The van der Waals surface area contributed by atoms with E-state index in [1.54, 1.807) is 0 Å². The molecule has 0 N–H and O–H groups in total. The van der Waals surface area contributed by atoms with Crippen LogP contribution in [-0.4, -0.2) is 51.6 Å². The third kappa shape index (κ3) is 3.11. The summed E-state index contributed by atoms with van der Waals surface area (Å²) >= 11 is 0. The fourth-order valence-electron chi connectivity index (χ4n) is 2.68. The van der Waals surface area contributed by atoms with E-state index >= 15 is 0 Å². The third-order valence-corrected chi connectivity index (χ3v) is 4.05. The van der Waals surface area contributed by atoms with Gasteiger partial charge in [-0.05, 0) is 32.5 Å². The summed E-state index contributed by atoms with van der Waals surface area (Å²) in [5.41, 5.74) is 2.38. The van der Waals surface area contributed by atoms with Gasteiger partial charge in [0, 0.05) is 32.4 Å². The summed E-state index contributed by atoms with van der Waals surface area (Å²) in [7, 11) is 2.10. The summed E-state index contributed by atoms with van der Waals surface area (Å²) in [6, 6.07) is 4.24. The molecule has 1 aliphatic heterocycles. The molecule has 0 spiro atoms. The molecule has 2 aromatic heterocycles. The third-order valence-electron chi connectivity index (χ3n) is 4.05. The van der Waals surface area contributed by atoms with Crippen molar-refractivity contribution in [3.8, 4) is 0 Å². The molecular formula is C15H21N5O. The lowest BCUT2D eigenvalue weighted by molar-refractivity contribution is 0.0706. The molecule has 0 saturated carbocycles. The Kier molecular flexibility index (Phi) is 3.98. The van der Waals surface area contributed by atoms with Gasteiger partial charge in [-0.3, -0.25) is 14.8 Å². The van der Waals surface area contributed by atoms with Crippen molar-refractivity contribution in [2.45, 2.75) is 26.4 Å². The van der Waals surface area contributed by atoms with Gasteiger partial charge in [-0.15, -0.1) is 0 Å². The minimum atomic E-state index is 0.156. The Bertz CT molecular complexity index is 612. The van der Waals surface area contributed by atoms with Crippen LogP contribution in [0.15, 0.2) is 22.9 Å². The van der Waals surface area contributed by atoms with Gasteiger partial charge in [0.1, 0.15) is 6.04 Å². The predicted octanol–water partition coefficient (Wildman–Crippen LogP) is 1.57. The molecule has 1 fully saturated rings. The standard InChI is InChI=1S/C15H21N5O/c1-11-5-4-6-16-13(11)9-20-8-7-19(3)14(10-20)15-17-12(2)18-21-15/h4-6,14H,7-10H2,1-3H3/t14-/m0/s1. The molecule has 3 heterocycles. The molecule has 6 heteroatoms. The first-order chi connectivity index (χ1) is 10.1. The average molecular weight is 287 g/mol. The lowest BCUT2D eigenvalue weighted by Gasteiger charge is -2.37. The zero-order valence-corrected chi connectivity index (χ0v) is 12.8. The molecule has 0 amide bonds. The molecule has 21 heavy (non-hydrogen) atoms. The van der Waals surface area contributed by atoms with Crippen LogP contribution in [0.4, 0.5) is 0 Å². The number of hydrogen-bond donors (Lipinski definition) is 0. The molecule has 0 aliphatic carbocycles. The van der Waals surface area contributed by atoms with E-state index in [2.05, 4.69) is 45.0 Å². The number of nitrogens with zero attached hydrogens (tertiary/aromatic N) is 5. The predicted molar refractivity (Wildman–Crippen MR) is 78.7 cm³/mol. The van der Waals surface area contributed by atoms with Crippen molar-refractivity contribution in [2.75, 3.05) is 26.7 Å². The summed E-state index contributed by atoms with van der Waals surface area (Å²) in [6.07, 6.45) is 1.86. The van der Waals surface area contributed by atoms with Gasteiger partial charge >= 0.3 is 0 Å². The molecule has 112 valence electrons. The van der Waals surface area contributed by atoms with Crippen LogP contribution in [-0.2, 0) is 6.54 Å². The van der Waals surface area contributed by atoms with Crippen molar-refractivity contribution >= 4 is 0 Å². The summed E-state index contributed by atoms with van der Waals surface area (Å²) in [5, 5.41) is 3.91. The topological polar surface area (TPSA) is 58.3 Å². The molecule has 0 radical (unpaired) electrons. The first kappa shape index (κ1) is 14.2. The quantitative estimate of drug-likeness (QED) is 0.854. The van der Waals surface area contributed by atoms with Crippen LogP contribution in [0, 0.1) is 13.8 Å². The van der Waals surface area contributed by atoms with Crippen LogP contribution in [0.2, 0.25) is 0 Å². The number of piperazine rings is 1. The highest BCUT2D eigenvalue weighted by Gasteiger charge is 2.30. The van der Waals surface area contributed by atoms with Gasteiger partial charge in [-0.1, -0.05) is 11.2 Å². The molecule has 1 atom stereocenters. The Morgan fingerprint density at radius 2 is 2.19 bits per heavy atom. The number of rotatable bonds is 3. The van der Waals surface area contributed by atoms with E-state index in [4.69, 9.17) is 4.52 Å². The van der Waals surface area contributed by atoms with Crippen molar-refractivity contribution in [1.82, 2.24) is 24.9 Å². The van der Waals surface area contributed by atoms with Gasteiger partial charge in [-0.25, -0.2) is 0 Å². The zero-order valence-electron chi connectivity index (χ0n) is 12.8. The SMILES string of the molecule is Cc1noc([C@@H]2CN(Cc3ncccc3C)CCN2C)n1. The molecule has 1 saturated heterocycles. The fourth-order valence-corrected chi connectivity index (χ4v) is 2.68. The van der Waals surface area contributed by atoms with Crippen molar-refractivity contribution in [3.63, 3.8) is 0 Å².